The van der Waals surface area contributed by atoms with Gasteiger partial charge in [-0.1, -0.05) is 17.7 Å². The molecule has 2 aliphatic carbocycles. The number of nitrogens with zero attached hydrogens (tertiary/aromatic N) is 2. The molecule has 1 N–H and O–H groups in total. The van der Waals surface area contributed by atoms with Crippen LogP contribution in [0.3, 0.4) is 0 Å². The summed E-state index contributed by atoms with van der Waals surface area (Å²) in [6, 6.07) is 8.21. The van der Waals surface area contributed by atoms with E-state index >= 15 is 0 Å². The average Bonchev–Trinajstić information content (AvgIpc) is 3.39. The Bertz CT molecular complexity index is 503. The van der Waals surface area contributed by atoms with Crippen LogP contribution in [0.2, 0.25) is 5.02 Å². The fraction of sp³-hybridized carbons (Fsp3) is 0.647. The molecule has 1 aromatic rings. The van der Waals surface area contributed by atoms with Crippen LogP contribution in [0.15, 0.2) is 18.2 Å². The molecule has 2 saturated carbocycles. The molecule has 1 aliphatic heterocycles. The number of rotatable bonds is 5. The molecule has 0 atom stereocenters. The minimum Gasteiger partial charge on any atom is -0.369 e. The molecule has 1 saturated heterocycles. The van der Waals surface area contributed by atoms with E-state index in [-0.39, 0.29) is 0 Å². The van der Waals surface area contributed by atoms with Crippen molar-refractivity contribution in [3.8, 4) is 0 Å². The van der Waals surface area contributed by atoms with Gasteiger partial charge in [0.1, 0.15) is 0 Å². The van der Waals surface area contributed by atoms with Gasteiger partial charge in [0.05, 0.1) is 0 Å². The van der Waals surface area contributed by atoms with Crippen LogP contribution in [0.4, 0.5) is 5.69 Å². The van der Waals surface area contributed by atoms with Gasteiger partial charge in [-0.15, -0.1) is 0 Å². The van der Waals surface area contributed by atoms with Gasteiger partial charge in [0.25, 0.3) is 0 Å². The highest BCUT2D eigenvalue weighted by Crippen LogP contribution is 2.30. The molecule has 0 amide bonds. The lowest BCUT2D eigenvalue weighted by Crippen LogP contribution is -2.47. The maximum absolute atomic E-state index is 6.46. The number of halogens is 1. The predicted octanol–water partition coefficient (Wildman–Crippen LogP) is 2.88. The molecule has 0 bridgehead atoms. The Balaban J connectivity index is 1.37. The van der Waals surface area contributed by atoms with Gasteiger partial charge < -0.3 is 10.2 Å². The molecule has 0 spiro atoms. The summed E-state index contributed by atoms with van der Waals surface area (Å²) >= 11 is 6.46. The SMILES string of the molecule is Clc1cc(N2CCN(C3CC3)CC2)ccc1CNC1CC1. The maximum atomic E-state index is 6.46. The Morgan fingerprint density at radius 3 is 2.43 bits per heavy atom. The molecule has 1 heterocycles. The van der Waals surface area contributed by atoms with Crippen LogP contribution in [-0.4, -0.2) is 43.2 Å². The first kappa shape index (κ1) is 13.9. The van der Waals surface area contributed by atoms with Gasteiger partial charge in [0.2, 0.25) is 0 Å². The second kappa shape index (κ2) is 5.79. The summed E-state index contributed by atoms with van der Waals surface area (Å²) in [7, 11) is 0. The Kier molecular flexibility index (Phi) is 3.82. The lowest BCUT2D eigenvalue weighted by atomic mass is 10.1. The lowest BCUT2D eigenvalue weighted by molar-refractivity contribution is 0.248. The van der Waals surface area contributed by atoms with Gasteiger partial charge in [-0.2, -0.15) is 0 Å². The van der Waals surface area contributed by atoms with E-state index in [1.54, 1.807) is 0 Å². The topological polar surface area (TPSA) is 18.5 Å². The average molecular weight is 306 g/mol. The minimum atomic E-state index is 0.733. The van der Waals surface area contributed by atoms with Crippen LogP contribution >= 0.6 is 11.6 Å². The second-order valence-corrected chi connectivity index (χ2v) is 7.09. The highest BCUT2D eigenvalue weighted by molar-refractivity contribution is 6.31. The van der Waals surface area contributed by atoms with E-state index < -0.39 is 0 Å². The summed E-state index contributed by atoms with van der Waals surface area (Å²) < 4.78 is 0. The Hall–Kier alpha value is -0.770. The molecule has 1 aromatic carbocycles. The van der Waals surface area contributed by atoms with Crippen LogP contribution < -0.4 is 10.2 Å². The van der Waals surface area contributed by atoms with E-state index in [1.165, 1.54) is 50.0 Å². The van der Waals surface area contributed by atoms with Gasteiger partial charge in [-0.3, -0.25) is 4.90 Å². The summed E-state index contributed by atoms with van der Waals surface area (Å²) in [6.07, 6.45) is 5.46. The molecular weight excluding hydrogens is 282 g/mol. The number of benzene rings is 1. The summed E-state index contributed by atoms with van der Waals surface area (Å²) in [5.74, 6) is 0. The van der Waals surface area contributed by atoms with Crippen molar-refractivity contribution >= 4 is 17.3 Å². The molecule has 3 aliphatic rings. The van der Waals surface area contributed by atoms with Crippen molar-refractivity contribution in [1.82, 2.24) is 10.2 Å². The van der Waals surface area contributed by atoms with Gasteiger partial charge in [-0.25, -0.2) is 0 Å². The number of piperazine rings is 1. The summed E-state index contributed by atoms with van der Waals surface area (Å²) in [4.78, 5) is 5.12. The highest BCUT2D eigenvalue weighted by atomic mass is 35.5. The fourth-order valence-electron chi connectivity index (χ4n) is 3.20. The normalized spacial score (nSPS) is 23.6. The quantitative estimate of drug-likeness (QED) is 0.902. The maximum Gasteiger partial charge on any atom is 0.0471 e. The third-order valence-corrected chi connectivity index (χ3v) is 5.29. The Morgan fingerprint density at radius 1 is 1.05 bits per heavy atom. The number of hydrogen-bond donors (Lipinski definition) is 1. The van der Waals surface area contributed by atoms with Crippen molar-refractivity contribution in [2.75, 3.05) is 31.1 Å². The third-order valence-electron chi connectivity index (χ3n) is 4.94. The summed E-state index contributed by atoms with van der Waals surface area (Å²) in [6.45, 7) is 5.57. The lowest BCUT2D eigenvalue weighted by Gasteiger charge is -2.36. The van der Waals surface area contributed by atoms with Crippen LogP contribution in [0.5, 0.6) is 0 Å². The molecule has 0 unspecified atom stereocenters. The number of hydrogen-bond acceptors (Lipinski definition) is 3. The molecular formula is C17H24ClN3. The monoisotopic (exact) mass is 305 g/mol. The summed E-state index contributed by atoms with van der Waals surface area (Å²) in [5, 5.41) is 4.44. The molecule has 4 rings (SSSR count). The molecule has 0 radical (unpaired) electrons. The van der Waals surface area contributed by atoms with Crippen molar-refractivity contribution in [3.05, 3.63) is 28.8 Å². The standard InChI is InChI=1S/C17H24ClN3/c18-17-11-16(4-1-13(17)12-19-14-2-3-14)21-9-7-20(8-10-21)15-5-6-15/h1,4,11,14-15,19H,2-3,5-10,12H2. The smallest absolute Gasteiger partial charge is 0.0471 e. The van der Waals surface area contributed by atoms with E-state index in [0.29, 0.717) is 0 Å². The molecule has 3 nitrogen and oxygen atoms in total. The summed E-state index contributed by atoms with van der Waals surface area (Å²) in [5.41, 5.74) is 2.51. The number of anilines is 1. The Morgan fingerprint density at radius 2 is 1.81 bits per heavy atom. The van der Waals surface area contributed by atoms with Crippen LogP contribution in [0.1, 0.15) is 31.2 Å². The van der Waals surface area contributed by atoms with Crippen molar-refractivity contribution in [2.45, 2.75) is 44.3 Å². The van der Waals surface area contributed by atoms with E-state index in [0.717, 1.165) is 36.7 Å². The molecule has 114 valence electrons. The van der Waals surface area contributed by atoms with Crippen molar-refractivity contribution in [2.24, 2.45) is 0 Å². The first-order valence-corrected chi connectivity index (χ1v) is 8.68. The second-order valence-electron chi connectivity index (χ2n) is 6.69. The minimum absolute atomic E-state index is 0.733. The molecule has 4 heteroatoms. The molecule has 21 heavy (non-hydrogen) atoms. The van der Waals surface area contributed by atoms with Gasteiger partial charge in [-0.05, 0) is 43.4 Å². The fourth-order valence-corrected chi connectivity index (χ4v) is 3.44. The third kappa shape index (κ3) is 3.36. The van der Waals surface area contributed by atoms with Gasteiger partial charge >= 0.3 is 0 Å². The van der Waals surface area contributed by atoms with Crippen LogP contribution in [0.25, 0.3) is 0 Å². The van der Waals surface area contributed by atoms with Gasteiger partial charge in [0, 0.05) is 55.5 Å². The van der Waals surface area contributed by atoms with E-state index in [1.807, 2.05) is 0 Å². The van der Waals surface area contributed by atoms with Crippen molar-refractivity contribution in [1.29, 1.82) is 0 Å². The van der Waals surface area contributed by atoms with Crippen molar-refractivity contribution < 1.29 is 0 Å². The zero-order valence-corrected chi connectivity index (χ0v) is 13.3. The van der Waals surface area contributed by atoms with E-state index in [2.05, 4.69) is 33.3 Å². The van der Waals surface area contributed by atoms with E-state index in [9.17, 15) is 0 Å². The highest BCUT2D eigenvalue weighted by Gasteiger charge is 2.31. The number of nitrogens with one attached hydrogen (secondary N) is 1. The predicted molar refractivity (Wildman–Crippen MR) is 88.1 cm³/mol. The van der Waals surface area contributed by atoms with Gasteiger partial charge in [0.15, 0.2) is 0 Å². The molecule has 3 fully saturated rings. The first-order chi connectivity index (χ1) is 10.3. The first-order valence-electron chi connectivity index (χ1n) is 8.30. The van der Waals surface area contributed by atoms with Crippen LogP contribution in [-0.2, 0) is 6.54 Å². The largest absolute Gasteiger partial charge is 0.369 e. The zero-order chi connectivity index (χ0) is 14.2. The zero-order valence-electron chi connectivity index (χ0n) is 12.5. The van der Waals surface area contributed by atoms with E-state index in [4.69, 9.17) is 11.6 Å². The van der Waals surface area contributed by atoms with Crippen LogP contribution in [0, 0.1) is 0 Å². The molecule has 0 aromatic heterocycles. The van der Waals surface area contributed by atoms with Crippen molar-refractivity contribution in [3.63, 3.8) is 0 Å². The Labute approximate surface area is 132 Å².